The Kier molecular flexibility index (Phi) is 1.97. The van der Waals surface area contributed by atoms with Crippen LogP contribution in [0.2, 0.25) is 0 Å². The molecule has 1 unspecified atom stereocenters. The number of nitrogens with two attached hydrogens (primary N) is 1. The molecule has 1 saturated heterocycles. The summed E-state index contributed by atoms with van der Waals surface area (Å²) < 4.78 is 0. The zero-order valence-corrected chi connectivity index (χ0v) is 6.41. The van der Waals surface area contributed by atoms with Crippen molar-refractivity contribution in [3.63, 3.8) is 0 Å². The van der Waals surface area contributed by atoms with Gasteiger partial charge in [-0.1, -0.05) is 6.58 Å². The molecule has 1 atom stereocenters. The van der Waals surface area contributed by atoms with Crippen LogP contribution >= 0.6 is 0 Å². The van der Waals surface area contributed by atoms with Crippen molar-refractivity contribution in [2.24, 2.45) is 5.73 Å². The first-order chi connectivity index (χ1) is 4.69. The molecule has 0 bridgehead atoms. The van der Waals surface area contributed by atoms with Gasteiger partial charge in [0, 0.05) is 19.3 Å². The molecule has 0 aromatic heterocycles. The van der Waals surface area contributed by atoms with Crippen molar-refractivity contribution in [3.05, 3.63) is 12.3 Å². The zero-order valence-electron chi connectivity index (χ0n) is 6.41. The number of likely N-dealkylation sites (N-methyl/N-ethyl adjacent to an activating group) is 1. The summed E-state index contributed by atoms with van der Waals surface area (Å²) >= 11 is 0. The third kappa shape index (κ3) is 1.15. The van der Waals surface area contributed by atoms with Gasteiger partial charge in [0.2, 0.25) is 0 Å². The molecular weight excluding hydrogens is 126 g/mol. The van der Waals surface area contributed by atoms with E-state index in [0.29, 0.717) is 0 Å². The minimum atomic E-state index is -0.214. The molecule has 58 valence electrons. The predicted molar refractivity (Wildman–Crippen MR) is 42.6 cm³/mol. The quantitative estimate of drug-likeness (QED) is 0.482. The van der Waals surface area contributed by atoms with Crippen molar-refractivity contribution < 1.29 is 0 Å². The molecule has 1 heterocycles. The van der Waals surface area contributed by atoms with E-state index < -0.39 is 0 Å². The first-order valence-electron chi connectivity index (χ1n) is 3.56. The van der Waals surface area contributed by atoms with Crippen molar-refractivity contribution in [2.75, 3.05) is 20.1 Å². The Labute approximate surface area is 61.7 Å². The highest BCUT2D eigenvalue weighted by atomic mass is 15.0. The van der Waals surface area contributed by atoms with Gasteiger partial charge in [-0.3, -0.25) is 0 Å². The Morgan fingerprint density at radius 3 is 2.90 bits per heavy atom. The van der Waals surface area contributed by atoms with Gasteiger partial charge in [-0.25, -0.2) is 0 Å². The van der Waals surface area contributed by atoms with Crippen molar-refractivity contribution in [2.45, 2.75) is 12.0 Å². The van der Waals surface area contributed by atoms with Gasteiger partial charge >= 0.3 is 0 Å². The molecule has 0 saturated carbocycles. The summed E-state index contributed by atoms with van der Waals surface area (Å²) in [7, 11) is 1.86. The molecule has 0 aromatic carbocycles. The van der Waals surface area contributed by atoms with Gasteiger partial charge < -0.3 is 16.4 Å². The molecule has 0 radical (unpaired) electrons. The molecule has 4 N–H and O–H groups in total. The van der Waals surface area contributed by atoms with E-state index in [9.17, 15) is 0 Å². The lowest BCUT2D eigenvalue weighted by molar-refractivity contribution is 0.520. The van der Waals surface area contributed by atoms with Crippen LogP contribution in [-0.4, -0.2) is 25.7 Å². The minimum Gasteiger partial charge on any atom is -0.390 e. The van der Waals surface area contributed by atoms with Crippen LogP contribution in [0.1, 0.15) is 6.42 Å². The standard InChI is InChI=1S/C7H15N3/c1-6(9-2)7(8)3-4-10-5-7/h9-10H,1,3-5,8H2,2H3. The Hall–Kier alpha value is -0.540. The number of hydrogen-bond donors (Lipinski definition) is 3. The highest BCUT2D eigenvalue weighted by molar-refractivity contribution is 5.16. The van der Waals surface area contributed by atoms with Crippen LogP contribution in [0.5, 0.6) is 0 Å². The normalized spacial score (nSPS) is 32.2. The second-order valence-electron chi connectivity index (χ2n) is 2.81. The second-order valence-corrected chi connectivity index (χ2v) is 2.81. The lowest BCUT2D eigenvalue weighted by Crippen LogP contribution is -2.47. The monoisotopic (exact) mass is 141 g/mol. The summed E-state index contributed by atoms with van der Waals surface area (Å²) in [5, 5.41) is 6.19. The van der Waals surface area contributed by atoms with Crippen LogP contribution in [0.25, 0.3) is 0 Å². The molecule has 1 aliphatic rings. The van der Waals surface area contributed by atoms with Crippen LogP contribution in [0.3, 0.4) is 0 Å². The molecule has 1 aliphatic heterocycles. The minimum absolute atomic E-state index is 0.214. The third-order valence-corrected chi connectivity index (χ3v) is 2.09. The summed E-state index contributed by atoms with van der Waals surface area (Å²) in [6.45, 7) is 5.69. The molecule has 0 aromatic rings. The number of nitrogens with one attached hydrogen (secondary N) is 2. The fraction of sp³-hybridized carbons (Fsp3) is 0.714. The molecule has 1 rings (SSSR count). The van der Waals surface area contributed by atoms with E-state index in [1.165, 1.54) is 0 Å². The van der Waals surface area contributed by atoms with Gasteiger partial charge in [-0.2, -0.15) is 0 Å². The van der Waals surface area contributed by atoms with E-state index in [1.807, 2.05) is 7.05 Å². The van der Waals surface area contributed by atoms with Crippen molar-refractivity contribution >= 4 is 0 Å². The first-order valence-corrected chi connectivity index (χ1v) is 3.56. The molecular formula is C7H15N3. The van der Waals surface area contributed by atoms with E-state index in [4.69, 9.17) is 5.73 Å². The van der Waals surface area contributed by atoms with Gasteiger partial charge in [0.25, 0.3) is 0 Å². The van der Waals surface area contributed by atoms with Crippen molar-refractivity contribution in [1.82, 2.24) is 10.6 Å². The van der Waals surface area contributed by atoms with Gasteiger partial charge in [-0.15, -0.1) is 0 Å². The summed E-state index contributed by atoms with van der Waals surface area (Å²) in [6, 6.07) is 0. The van der Waals surface area contributed by atoms with Crippen LogP contribution < -0.4 is 16.4 Å². The van der Waals surface area contributed by atoms with Gasteiger partial charge in [0.1, 0.15) is 0 Å². The maximum absolute atomic E-state index is 5.99. The van der Waals surface area contributed by atoms with E-state index >= 15 is 0 Å². The summed E-state index contributed by atoms with van der Waals surface area (Å²) in [4.78, 5) is 0. The van der Waals surface area contributed by atoms with Crippen molar-refractivity contribution in [3.8, 4) is 0 Å². The van der Waals surface area contributed by atoms with Gasteiger partial charge in [0.05, 0.1) is 5.54 Å². The van der Waals surface area contributed by atoms with Gasteiger partial charge in [-0.05, 0) is 13.0 Å². The lowest BCUT2D eigenvalue weighted by atomic mass is 9.97. The third-order valence-electron chi connectivity index (χ3n) is 2.09. The van der Waals surface area contributed by atoms with Crippen LogP contribution in [0, 0.1) is 0 Å². The largest absolute Gasteiger partial charge is 0.390 e. The second kappa shape index (κ2) is 2.60. The summed E-state index contributed by atoms with van der Waals surface area (Å²) in [5.41, 5.74) is 6.70. The maximum Gasteiger partial charge on any atom is 0.0690 e. The summed E-state index contributed by atoms with van der Waals surface area (Å²) in [5.74, 6) is 0. The molecule has 3 nitrogen and oxygen atoms in total. The highest BCUT2D eigenvalue weighted by Crippen LogP contribution is 2.16. The van der Waals surface area contributed by atoms with Crippen LogP contribution in [0.15, 0.2) is 12.3 Å². The van der Waals surface area contributed by atoms with Crippen LogP contribution in [-0.2, 0) is 0 Å². The maximum atomic E-state index is 5.99. The molecule has 0 spiro atoms. The Morgan fingerprint density at radius 2 is 2.50 bits per heavy atom. The van der Waals surface area contributed by atoms with E-state index in [0.717, 1.165) is 25.2 Å². The lowest BCUT2D eigenvalue weighted by Gasteiger charge is -2.24. The Balaban J connectivity index is 2.58. The van der Waals surface area contributed by atoms with E-state index in [-0.39, 0.29) is 5.54 Å². The van der Waals surface area contributed by atoms with Crippen LogP contribution in [0.4, 0.5) is 0 Å². The SMILES string of the molecule is C=C(NC)C1(N)CCNC1. The average molecular weight is 141 g/mol. The first kappa shape index (κ1) is 7.57. The molecule has 0 aliphatic carbocycles. The zero-order chi connectivity index (χ0) is 7.61. The predicted octanol–water partition coefficient (Wildman–Crippen LogP) is -0.590. The number of hydrogen-bond acceptors (Lipinski definition) is 3. The van der Waals surface area contributed by atoms with Gasteiger partial charge in [0.15, 0.2) is 0 Å². The average Bonchev–Trinajstić information content (AvgIpc) is 2.36. The molecule has 0 amide bonds. The van der Waals surface area contributed by atoms with E-state index in [1.54, 1.807) is 0 Å². The smallest absolute Gasteiger partial charge is 0.0690 e. The fourth-order valence-electron chi connectivity index (χ4n) is 1.22. The Morgan fingerprint density at radius 1 is 1.80 bits per heavy atom. The molecule has 1 fully saturated rings. The molecule has 10 heavy (non-hydrogen) atoms. The topological polar surface area (TPSA) is 50.1 Å². The Bertz CT molecular complexity index is 136. The number of rotatable bonds is 2. The fourth-order valence-corrected chi connectivity index (χ4v) is 1.22. The highest BCUT2D eigenvalue weighted by Gasteiger charge is 2.31. The van der Waals surface area contributed by atoms with E-state index in [2.05, 4.69) is 17.2 Å². The molecule has 3 heteroatoms. The van der Waals surface area contributed by atoms with Crippen molar-refractivity contribution in [1.29, 1.82) is 0 Å². The summed E-state index contributed by atoms with van der Waals surface area (Å²) in [6.07, 6.45) is 0.979.